The Balaban J connectivity index is 2.90. The summed E-state index contributed by atoms with van der Waals surface area (Å²) < 4.78 is 0.939. The predicted octanol–water partition coefficient (Wildman–Crippen LogP) is 1.83. The van der Waals surface area contributed by atoms with Gasteiger partial charge in [-0.3, -0.25) is 4.79 Å². The lowest BCUT2D eigenvalue weighted by Gasteiger charge is -2.05. The van der Waals surface area contributed by atoms with E-state index in [1.807, 2.05) is 0 Å². The van der Waals surface area contributed by atoms with E-state index < -0.39 is 0 Å². The quantitative estimate of drug-likeness (QED) is 0.465. The first-order chi connectivity index (χ1) is 7.06. The standard InChI is InChI=1S/C8H9ClN3O2S/c1-5(11-14-3)7-4-15-8(10-7)12(9)6(2)13/h4H,1H2,2-3H3/b11-5-. The second-order valence-electron chi connectivity index (χ2n) is 2.54. The van der Waals surface area contributed by atoms with Crippen LogP contribution in [0.4, 0.5) is 5.13 Å². The van der Waals surface area contributed by atoms with Crippen molar-refractivity contribution in [2.75, 3.05) is 11.5 Å². The fourth-order valence-electron chi connectivity index (χ4n) is 0.779. The van der Waals surface area contributed by atoms with Crippen molar-refractivity contribution in [1.29, 1.82) is 0 Å². The van der Waals surface area contributed by atoms with E-state index in [4.69, 9.17) is 11.8 Å². The van der Waals surface area contributed by atoms with Crippen LogP contribution in [0, 0.1) is 6.92 Å². The molecule has 1 rings (SSSR count). The molecule has 0 unspecified atom stereocenters. The minimum Gasteiger partial charge on any atom is -0.399 e. The van der Waals surface area contributed by atoms with Crippen LogP contribution in [0.25, 0.3) is 0 Å². The first kappa shape index (κ1) is 11.9. The number of halogens is 1. The fourth-order valence-corrected chi connectivity index (χ4v) is 1.71. The lowest BCUT2D eigenvalue weighted by atomic mass is 10.3. The van der Waals surface area contributed by atoms with E-state index in [9.17, 15) is 4.79 Å². The van der Waals surface area contributed by atoms with Crippen LogP contribution >= 0.6 is 23.1 Å². The summed E-state index contributed by atoms with van der Waals surface area (Å²) in [7, 11) is 1.42. The van der Waals surface area contributed by atoms with Gasteiger partial charge < -0.3 is 4.84 Å². The molecule has 5 nitrogen and oxygen atoms in total. The number of carbonyl (C=O) groups is 1. The second-order valence-corrected chi connectivity index (χ2v) is 3.71. The summed E-state index contributed by atoms with van der Waals surface area (Å²) in [5.41, 5.74) is 0.914. The molecule has 7 heteroatoms. The molecule has 1 amide bonds. The summed E-state index contributed by atoms with van der Waals surface area (Å²) in [5, 5.41) is 5.69. The van der Waals surface area contributed by atoms with Crippen LogP contribution in [-0.4, -0.2) is 23.7 Å². The predicted molar refractivity (Wildman–Crippen MR) is 60.0 cm³/mol. The van der Waals surface area contributed by atoms with Gasteiger partial charge in [0.05, 0.1) is 0 Å². The number of hydrogen-bond acceptors (Lipinski definition) is 5. The molecule has 0 N–H and O–H groups in total. The first-order valence-corrected chi connectivity index (χ1v) is 5.13. The van der Waals surface area contributed by atoms with Crippen LogP contribution < -0.4 is 4.42 Å². The Hall–Kier alpha value is -1.14. The van der Waals surface area contributed by atoms with Gasteiger partial charge in [-0.2, -0.15) is 4.42 Å². The number of rotatable bonds is 3. The average molecular weight is 247 g/mol. The highest BCUT2D eigenvalue weighted by atomic mass is 35.5. The number of amides is 1. The minimum atomic E-state index is -0.299. The summed E-state index contributed by atoms with van der Waals surface area (Å²) in [6.45, 7) is 4.99. The van der Waals surface area contributed by atoms with Gasteiger partial charge in [-0.05, 0) is 0 Å². The molecule has 0 aliphatic rings. The molecule has 15 heavy (non-hydrogen) atoms. The van der Waals surface area contributed by atoms with Gasteiger partial charge in [0.15, 0.2) is 0 Å². The Morgan fingerprint density at radius 3 is 3.00 bits per heavy atom. The van der Waals surface area contributed by atoms with Crippen LogP contribution in [0.5, 0.6) is 0 Å². The Labute approximate surface area is 96.4 Å². The Morgan fingerprint density at radius 1 is 1.80 bits per heavy atom. The van der Waals surface area contributed by atoms with Crippen LogP contribution in [-0.2, 0) is 9.63 Å². The lowest BCUT2D eigenvalue weighted by Crippen LogP contribution is -2.16. The van der Waals surface area contributed by atoms with Crippen molar-refractivity contribution >= 4 is 39.9 Å². The van der Waals surface area contributed by atoms with Gasteiger partial charge >= 0.3 is 0 Å². The topological polar surface area (TPSA) is 54.8 Å². The molecule has 0 saturated heterocycles. The van der Waals surface area contributed by atoms with Crippen LogP contribution in [0.15, 0.2) is 10.5 Å². The van der Waals surface area contributed by atoms with Crippen molar-refractivity contribution in [3.63, 3.8) is 0 Å². The number of aromatic nitrogens is 1. The molecule has 0 aliphatic heterocycles. The highest BCUT2D eigenvalue weighted by molar-refractivity contribution is 7.14. The third kappa shape index (κ3) is 2.90. The van der Waals surface area contributed by atoms with Crippen LogP contribution in [0.2, 0.25) is 0 Å². The number of hydrogen-bond donors (Lipinski definition) is 0. The Kier molecular flexibility index (Phi) is 4.05. The van der Waals surface area contributed by atoms with Crippen LogP contribution in [0.3, 0.4) is 0 Å². The van der Waals surface area contributed by atoms with E-state index in [2.05, 4.69) is 21.9 Å². The monoisotopic (exact) mass is 246 g/mol. The van der Waals surface area contributed by atoms with Crippen molar-refractivity contribution in [2.24, 2.45) is 5.16 Å². The molecule has 0 bridgehead atoms. The summed E-state index contributed by atoms with van der Waals surface area (Å²) in [6, 6.07) is 0. The summed E-state index contributed by atoms with van der Waals surface area (Å²) >= 11 is 6.90. The van der Waals surface area contributed by atoms with E-state index in [1.165, 1.54) is 25.4 Å². The van der Waals surface area contributed by atoms with Crippen molar-refractivity contribution in [3.05, 3.63) is 18.0 Å². The molecule has 0 saturated carbocycles. The van der Waals surface area contributed by atoms with Gasteiger partial charge in [-0.1, -0.05) is 5.16 Å². The summed E-state index contributed by atoms with van der Waals surface area (Å²) in [4.78, 5) is 19.6. The third-order valence-corrected chi connectivity index (χ3v) is 2.76. The number of anilines is 1. The van der Waals surface area contributed by atoms with Gasteiger partial charge in [-0.25, -0.2) is 4.98 Å². The smallest absolute Gasteiger partial charge is 0.240 e. The molecule has 0 atom stereocenters. The SMILES string of the molecule is [CH2]/C(=N/OC)c1csc(N(Cl)C(C)=O)n1. The molecule has 1 aromatic rings. The fraction of sp³-hybridized carbons (Fsp3) is 0.250. The number of nitrogens with zero attached hydrogens (tertiary/aromatic N) is 3. The maximum atomic E-state index is 10.9. The van der Waals surface area contributed by atoms with Crippen LogP contribution in [0.1, 0.15) is 12.6 Å². The largest absolute Gasteiger partial charge is 0.399 e. The van der Waals surface area contributed by atoms with Gasteiger partial charge in [0.1, 0.15) is 18.5 Å². The zero-order valence-electron chi connectivity index (χ0n) is 8.23. The number of thiazole rings is 1. The number of oxime groups is 1. The highest BCUT2D eigenvalue weighted by Gasteiger charge is 2.14. The van der Waals surface area contributed by atoms with Crippen molar-refractivity contribution in [2.45, 2.75) is 6.92 Å². The Bertz CT molecular complexity index is 391. The van der Waals surface area contributed by atoms with Gasteiger partial charge in [-0.15, -0.1) is 11.3 Å². The molecule has 1 aromatic heterocycles. The van der Waals surface area contributed by atoms with Gasteiger partial charge in [0.2, 0.25) is 11.0 Å². The molecular weight excluding hydrogens is 238 g/mol. The molecule has 0 aliphatic carbocycles. The lowest BCUT2D eigenvalue weighted by molar-refractivity contribution is -0.115. The van der Waals surface area contributed by atoms with Gasteiger partial charge in [0, 0.05) is 31.0 Å². The molecule has 0 fully saturated rings. The molecular formula is C8H9ClN3O2S. The molecule has 0 spiro atoms. The van der Waals surface area contributed by atoms with Crippen molar-refractivity contribution in [1.82, 2.24) is 4.98 Å². The molecule has 1 radical (unpaired) electrons. The zero-order valence-corrected chi connectivity index (χ0v) is 9.80. The van der Waals surface area contributed by atoms with E-state index in [1.54, 1.807) is 5.38 Å². The normalized spacial score (nSPS) is 11.3. The van der Waals surface area contributed by atoms with Gasteiger partial charge in [0.25, 0.3) is 0 Å². The highest BCUT2D eigenvalue weighted by Crippen LogP contribution is 2.22. The number of carbonyl (C=O) groups excluding carboxylic acids is 1. The van der Waals surface area contributed by atoms with E-state index in [0.717, 1.165) is 4.42 Å². The molecule has 0 aromatic carbocycles. The second kappa shape index (κ2) is 5.09. The summed E-state index contributed by atoms with van der Waals surface area (Å²) in [6.07, 6.45) is 0. The van der Waals surface area contributed by atoms with E-state index in [-0.39, 0.29) is 5.91 Å². The van der Waals surface area contributed by atoms with Crippen molar-refractivity contribution in [3.8, 4) is 0 Å². The maximum Gasteiger partial charge on any atom is 0.240 e. The Morgan fingerprint density at radius 2 is 2.47 bits per heavy atom. The third-order valence-electron chi connectivity index (χ3n) is 1.43. The summed E-state index contributed by atoms with van der Waals surface area (Å²) in [5.74, 6) is -0.299. The molecule has 81 valence electrons. The van der Waals surface area contributed by atoms with E-state index in [0.29, 0.717) is 16.5 Å². The van der Waals surface area contributed by atoms with E-state index >= 15 is 0 Å². The first-order valence-electron chi connectivity index (χ1n) is 3.91. The van der Waals surface area contributed by atoms with Crippen molar-refractivity contribution < 1.29 is 9.63 Å². The average Bonchev–Trinajstić information content (AvgIpc) is 2.65. The maximum absolute atomic E-state index is 10.9. The molecule has 1 heterocycles. The minimum absolute atomic E-state index is 0.299. The zero-order chi connectivity index (χ0) is 11.4.